The zero-order valence-corrected chi connectivity index (χ0v) is 9.15. The summed E-state index contributed by atoms with van der Waals surface area (Å²) in [6, 6.07) is 12.0. The Morgan fingerprint density at radius 1 is 1.33 bits per heavy atom. The summed E-state index contributed by atoms with van der Waals surface area (Å²) >= 11 is 0. The molecule has 2 rings (SSSR count). The molecule has 0 amide bonds. The van der Waals surface area contributed by atoms with Crippen LogP contribution in [0.25, 0.3) is 0 Å². The number of nitrogens with one attached hydrogen (secondary N) is 1. The third-order valence-electron chi connectivity index (χ3n) is 2.88. The maximum Gasteiger partial charge on any atom is 0.0325 e. The second kappa shape index (κ2) is 5.13. The average Bonchev–Trinajstić information content (AvgIpc) is 3.09. The lowest BCUT2D eigenvalue weighted by atomic mass is 10.0. The highest BCUT2D eigenvalue weighted by molar-refractivity contribution is 5.19. The lowest BCUT2D eigenvalue weighted by Crippen LogP contribution is -2.23. The van der Waals surface area contributed by atoms with Gasteiger partial charge in [0, 0.05) is 12.1 Å². The van der Waals surface area contributed by atoms with E-state index in [2.05, 4.69) is 42.2 Å². The van der Waals surface area contributed by atoms with E-state index in [1.54, 1.807) is 0 Å². The predicted octanol–water partition coefficient (Wildman–Crippen LogP) is 3.45. The summed E-state index contributed by atoms with van der Waals surface area (Å²) in [7, 11) is 0. The molecule has 0 aliphatic heterocycles. The largest absolute Gasteiger partial charge is 0.307 e. The topological polar surface area (TPSA) is 12.0 Å². The number of allylic oxidation sites excluding steroid dienone is 1. The Bertz CT molecular complexity index is 300. The molecule has 15 heavy (non-hydrogen) atoms. The van der Waals surface area contributed by atoms with Gasteiger partial charge in [-0.1, -0.05) is 36.4 Å². The van der Waals surface area contributed by atoms with E-state index in [4.69, 9.17) is 0 Å². The Hall–Kier alpha value is -1.08. The van der Waals surface area contributed by atoms with Gasteiger partial charge in [0.05, 0.1) is 0 Å². The fourth-order valence-electron chi connectivity index (χ4n) is 1.85. The quantitative estimate of drug-likeness (QED) is 0.695. The van der Waals surface area contributed by atoms with Gasteiger partial charge in [-0.25, -0.2) is 0 Å². The first kappa shape index (κ1) is 10.4. The summed E-state index contributed by atoms with van der Waals surface area (Å²) in [4.78, 5) is 0. The van der Waals surface area contributed by atoms with Gasteiger partial charge in [-0.15, -0.1) is 6.58 Å². The van der Waals surface area contributed by atoms with Crippen LogP contribution in [-0.2, 0) is 0 Å². The Balaban J connectivity index is 1.99. The number of benzene rings is 1. The van der Waals surface area contributed by atoms with Crippen molar-refractivity contribution in [1.29, 1.82) is 0 Å². The van der Waals surface area contributed by atoms with Crippen molar-refractivity contribution in [1.82, 2.24) is 5.32 Å². The minimum Gasteiger partial charge on any atom is -0.307 e. The van der Waals surface area contributed by atoms with Crippen LogP contribution in [-0.4, -0.2) is 6.04 Å². The fourth-order valence-corrected chi connectivity index (χ4v) is 1.85. The van der Waals surface area contributed by atoms with E-state index in [1.165, 1.54) is 18.4 Å². The molecule has 80 valence electrons. The van der Waals surface area contributed by atoms with Crippen LogP contribution in [0, 0.1) is 0 Å². The van der Waals surface area contributed by atoms with Crippen LogP contribution < -0.4 is 5.32 Å². The van der Waals surface area contributed by atoms with E-state index in [0.29, 0.717) is 6.04 Å². The molecule has 0 heterocycles. The summed E-state index contributed by atoms with van der Waals surface area (Å²) < 4.78 is 0. The van der Waals surface area contributed by atoms with Crippen molar-refractivity contribution in [2.75, 3.05) is 0 Å². The Labute approximate surface area is 92.2 Å². The minimum absolute atomic E-state index is 0.511. The molecule has 0 bridgehead atoms. The first-order valence-electron chi connectivity index (χ1n) is 5.82. The second-order valence-electron chi connectivity index (χ2n) is 4.27. The normalized spacial score (nSPS) is 17.3. The highest BCUT2D eigenvalue weighted by Crippen LogP contribution is 2.26. The first-order chi connectivity index (χ1) is 7.40. The number of hydrogen-bond acceptors (Lipinski definition) is 1. The molecule has 0 aromatic heterocycles. The molecule has 1 nitrogen and oxygen atoms in total. The highest BCUT2D eigenvalue weighted by atomic mass is 15.0. The third-order valence-corrected chi connectivity index (χ3v) is 2.88. The smallest absolute Gasteiger partial charge is 0.0325 e. The predicted molar refractivity (Wildman–Crippen MR) is 64.8 cm³/mol. The summed E-state index contributed by atoms with van der Waals surface area (Å²) in [5.74, 6) is 0. The highest BCUT2D eigenvalue weighted by Gasteiger charge is 2.24. The first-order valence-corrected chi connectivity index (χ1v) is 5.82. The maximum atomic E-state index is 3.79. The lowest BCUT2D eigenvalue weighted by Gasteiger charge is -2.18. The van der Waals surface area contributed by atoms with Crippen LogP contribution in [0.4, 0.5) is 0 Å². The van der Waals surface area contributed by atoms with Gasteiger partial charge >= 0.3 is 0 Å². The molecule has 1 atom stereocenters. The van der Waals surface area contributed by atoms with Crippen molar-refractivity contribution in [3.63, 3.8) is 0 Å². The van der Waals surface area contributed by atoms with Crippen molar-refractivity contribution >= 4 is 0 Å². The standard InChI is InChI=1S/C14H19N/c1-2-3-9-14(15-13-10-11-13)12-7-5-4-6-8-12/h2,4-8,13-15H,1,3,9-11H2. The minimum atomic E-state index is 0.511. The number of rotatable bonds is 6. The molecule has 1 saturated carbocycles. The van der Waals surface area contributed by atoms with Crippen LogP contribution in [0.5, 0.6) is 0 Å². The summed E-state index contributed by atoms with van der Waals surface area (Å²) in [6.07, 6.45) is 6.93. The van der Waals surface area contributed by atoms with Crippen molar-refractivity contribution < 1.29 is 0 Å². The van der Waals surface area contributed by atoms with Crippen LogP contribution in [0.15, 0.2) is 43.0 Å². The molecule has 1 fully saturated rings. The summed E-state index contributed by atoms with van der Waals surface area (Å²) in [6.45, 7) is 3.79. The van der Waals surface area contributed by atoms with Gasteiger partial charge in [0.25, 0.3) is 0 Å². The van der Waals surface area contributed by atoms with Crippen LogP contribution in [0.3, 0.4) is 0 Å². The van der Waals surface area contributed by atoms with Crippen LogP contribution in [0.1, 0.15) is 37.3 Å². The van der Waals surface area contributed by atoms with E-state index in [0.717, 1.165) is 18.9 Å². The lowest BCUT2D eigenvalue weighted by molar-refractivity contribution is 0.500. The van der Waals surface area contributed by atoms with Gasteiger partial charge in [-0.2, -0.15) is 0 Å². The third kappa shape index (κ3) is 3.21. The molecule has 1 N–H and O–H groups in total. The zero-order valence-electron chi connectivity index (χ0n) is 9.15. The van der Waals surface area contributed by atoms with Crippen LogP contribution >= 0.6 is 0 Å². The van der Waals surface area contributed by atoms with Gasteiger partial charge < -0.3 is 5.32 Å². The molecular weight excluding hydrogens is 182 g/mol. The summed E-state index contributed by atoms with van der Waals surface area (Å²) in [5.41, 5.74) is 1.41. The SMILES string of the molecule is C=CCCC(NC1CC1)c1ccccc1. The zero-order chi connectivity index (χ0) is 10.5. The molecular formula is C14H19N. The second-order valence-corrected chi connectivity index (χ2v) is 4.27. The van der Waals surface area contributed by atoms with Crippen molar-refractivity contribution in [3.8, 4) is 0 Å². The molecule has 0 saturated heterocycles. The van der Waals surface area contributed by atoms with Gasteiger partial charge in [0.1, 0.15) is 0 Å². The van der Waals surface area contributed by atoms with E-state index in [-0.39, 0.29) is 0 Å². The van der Waals surface area contributed by atoms with E-state index < -0.39 is 0 Å². The fraction of sp³-hybridized carbons (Fsp3) is 0.429. The van der Waals surface area contributed by atoms with Crippen molar-refractivity contribution in [3.05, 3.63) is 48.6 Å². The van der Waals surface area contributed by atoms with Gasteiger partial charge in [-0.3, -0.25) is 0 Å². The molecule has 1 aliphatic rings. The average molecular weight is 201 g/mol. The molecule has 1 heteroatoms. The van der Waals surface area contributed by atoms with Crippen molar-refractivity contribution in [2.24, 2.45) is 0 Å². The van der Waals surface area contributed by atoms with Gasteiger partial charge in [-0.05, 0) is 31.2 Å². The Morgan fingerprint density at radius 3 is 2.67 bits per heavy atom. The molecule has 1 aromatic carbocycles. The molecule has 1 unspecified atom stereocenters. The van der Waals surface area contributed by atoms with E-state index in [9.17, 15) is 0 Å². The van der Waals surface area contributed by atoms with Gasteiger partial charge in [0.15, 0.2) is 0 Å². The van der Waals surface area contributed by atoms with Crippen LogP contribution in [0.2, 0.25) is 0 Å². The van der Waals surface area contributed by atoms with E-state index >= 15 is 0 Å². The summed E-state index contributed by atoms with van der Waals surface area (Å²) in [5, 5.41) is 3.69. The van der Waals surface area contributed by atoms with Crippen molar-refractivity contribution in [2.45, 2.75) is 37.8 Å². The monoisotopic (exact) mass is 201 g/mol. The van der Waals surface area contributed by atoms with E-state index in [1.807, 2.05) is 6.08 Å². The molecule has 1 aliphatic carbocycles. The Morgan fingerprint density at radius 2 is 2.07 bits per heavy atom. The number of hydrogen-bond donors (Lipinski definition) is 1. The molecule has 0 radical (unpaired) electrons. The Kier molecular flexibility index (Phi) is 3.57. The molecule has 0 spiro atoms. The maximum absolute atomic E-state index is 3.79. The molecule has 1 aromatic rings. The van der Waals surface area contributed by atoms with Gasteiger partial charge in [0.2, 0.25) is 0 Å².